The van der Waals surface area contributed by atoms with Gasteiger partial charge in [-0.05, 0) is 29.0 Å². The molecule has 1 aromatic heterocycles. The lowest BCUT2D eigenvalue weighted by atomic mass is 10.1. The van der Waals surface area contributed by atoms with Crippen LogP contribution >= 0.6 is 34.5 Å². The first-order valence-corrected chi connectivity index (χ1v) is 8.22. The molecule has 0 aliphatic heterocycles. The molecule has 0 saturated heterocycles. The maximum absolute atomic E-state index is 12.0. The minimum Gasteiger partial charge on any atom is -0.268 e. The van der Waals surface area contributed by atoms with Crippen LogP contribution in [0.1, 0.15) is 10.4 Å². The van der Waals surface area contributed by atoms with Gasteiger partial charge in [0.05, 0.1) is 10.6 Å². The molecule has 4 nitrogen and oxygen atoms in total. The Kier molecular flexibility index (Phi) is 4.44. The Hall–Kier alpha value is -1.02. The molecule has 0 unspecified atom stereocenters. The lowest BCUT2D eigenvalue weighted by molar-refractivity contribution is 0.0981. The summed E-state index contributed by atoms with van der Waals surface area (Å²) in [6.07, 6.45) is 0. The highest BCUT2D eigenvalue weighted by atomic mass is 35.5. The third kappa shape index (κ3) is 3.35. The molecular formula is C11H6BCl2NO3S2. The summed E-state index contributed by atoms with van der Waals surface area (Å²) in [5.41, 5.74) is 0.0177. The van der Waals surface area contributed by atoms with Crippen molar-refractivity contribution in [3.8, 4) is 0 Å². The Morgan fingerprint density at radius 2 is 1.90 bits per heavy atom. The molecule has 0 spiro atoms. The molecule has 0 saturated carbocycles. The van der Waals surface area contributed by atoms with Crippen LogP contribution in [0, 0.1) is 0 Å². The molecular weight excluding hydrogens is 340 g/mol. The van der Waals surface area contributed by atoms with Crippen LogP contribution in [-0.2, 0) is 10.0 Å². The predicted molar refractivity (Wildman–Crippen MR) is 80.8 cm³/mol. The number of halogens is 2. The minimum absolute atomic E-state index is 0.0177. The number of amides is 1. The van der Waals surface area contributed by atoms with Crippen molar-refractivity contribution in [3.05, 3.63) is 45.9 Å². The van der Waals surface area contributed by atoms with Gasteiger partial charge in [-0.3, -0.25) is 4.79 Å². The maximum atomic E-state index is 12.0. The van der Waals surface area contributed by atoms with E-state index in [1.54, 1.807) is 0 Å². The van der Waals surface area contributed by atoms with Gasteiger partial charge in [-0.2, -0.15) is 0 Å². The van der Waals surface area contributed by atoms with Gasteiger partial charge in [0.15, 0.2) is 0 Å². The van der Waals surface area contributed by atoms with Crippen molar-refractivity contribution in [2.24, 2.45) is 0 Å². The number of carbonyl (C=O) groups excluding carboxylic acids is 1. The van der Waals surface area contributed by atoms with Gasteiger partial charge in [-0.25, -0.2) is 13.1 Å². The van der Waals surface area contributed by atoms with Gasteiger partial charge in [-0.1, -0.05) is 29.3 Å². The smallest absolute Gasteiger partial charge is 0.268 e. The van der Waals surface area contributed by atoms with Crippen LogP contribution in [0.15, 0.2) is 34.5 Å². The van der Waals surface area contributed by atoms with Gasteiger partial charge in [-0.15, -0.1) is 11.3 Å². The predicted octanol–water partition coefficient (Wildman–Crippen LogP) is 1.97. The molecule has 0 atom stereocenters. The average Bonchev–Trinajstić information content (AvgIpc) is 2.75. The van der Waals surface area contributed by atoms with E-state index in [4.69, 9.17) is 31.0 Å². The summed E-state index contributed by atoms with van der Waals surface area (Å²) in [5, 5.41) is 0.413. The van der Waals surface area contributed by atoms with Crippen molar-refractivity contribution in [1.82, 2.24) is 4.72 Å². The summed E-state index contributed by atoms with van der Waals surface area (Å²) in [6.45, 7) is 0. The summed E-state index contributed by atoms with van der Waals surface area (Å²) >= 11 is 12.4. The van der Waals surface area contributed by atoms with Gasteiger partial charge >= 0.3 is 0 Å². The third-order valence-electron chi connectivity index (χ3n) is 2.27. The summed E-state index contributed by atoms with van der Waals surface area (Å²) < 4.78 is 26.1. The van der Waals surface area contributed by atoms with E-state index in [1.165, 1.54) is 30.3 Å². The lowest BCUT2D eigenvalue weighted by Gasteiger charge is -2.06. The molecule has 9 heteroatoms. The molecule has 1 aromatic carbocycles. The van der Waals surface area contributed by atoms with Crippen molar-refractivity contribution in [3.63, 3.8) is 0 Å². The van der Waals surface area contributed by atoms with E-state index in [1.807, 2.05) is 4.72 Å². The molecule has 1 heterocycles. The fraction of sp³-hybridized carbons (Fsp3) is 0. The van der Waals surface area contributed by atoms with E-state index in [9.17, 15) is 13.2 Å². The number of hydrogen-bond acceptors (Lipinski definition) is 4. The molecule has 1 N–H and O–H groups in total. The van der Waals surface area contributed by atoms with Crippen LogP contribution in [0.4, 0.5) is 0 Å². The quantitative estimate of drug-likeness (QED) is 0.865. The van der Waals surface area contributed by atoms with Crippen molar-refractivity contribution < 1.29 is 13.2 Å². The second kappa shape index (κ2) is 5.77. The van der Waals surface area contributed by atoms with E-state index < -0.39 is 15.9 Å². The Morgan fingerprint density at radius 1 is 1.20 bits per heavy atom. The summed E-state index contributed by atoms with van der Waals surface area (Å²) in [6, 6.07) is 6.90. The third-order valence-corrected chi connectivity index (χ3v) is 5.55. The lowest BCUT2D eigenvalue weighted by Crippen LogP contribution is -2.30. The Labute approximate surface area is 131 Å². The van der Waals surface area contributed by atoms with E-state index in [-0.39, 0.29) is 14.8 Å². The zero-order valence-electron chi connectivity index (χ0n) is 9.76. The van der Waals surface area contributed by atoms with Crippen LogP contribution in [0.3, 0.4) is 0 Å². The van der Waals surface area contributed by atoms with Crippen molar-refractivity contribution >= 4 is 63.1 Å². The number of hydrogen-bond donors (Lipinski definition) is 1. The van der Waals surface area contributed by atoms with Crippen LogP contribution in [-0.4, -0.2) is 22.2 Å². The molecule has 20 heavy (non-hydrogen) atoms. The van der Waals surface area contributed by atoms with E-state index in [0.717, 1.165) is 11.3 Å². The molecule has 0 aliphatic carbocycles. The largest absolute Gasteiger partial charge is 0.273 e. The Bertz CT molecular complexity index is 774. The number of sulfonamides is 1. The fourth-order valence-electron chi connectivity index (χ4n) is 1.38. The van der Waals surface area contributed by atoms with Gasteiger partial charge < -0.3 is 0 Å². The fourth-order valence-corrected chi connectivity index (χ4v) is 3.93. The van der Waals surface area contributed by atoms with Crippen molar-refractivity contribution in [2.45, 2.75) is 4.21 Å². The SMILES string of the molecule is [B]c1ccc(S(=O)(=O)NC(=O)c2ccc(Cl)cc2Cl)s1. The first kappa shape index (κ1) is 15.4. The highest BCUT2D eigenvalue weighted by Crippen LogP contribution is 2.22. The number of thiophene rings is 1. The highest BCUT2D eigenvalue weighted by molar-refractivity contribution is 7.92. The zero-order chi connectivity index (χ0) is 14.9. The van der Waals surface area contributed by atoms with Gasteiger partial charge in [0.2, 0.25) is 0 Å². The standard InChI is InChI=1S/C11H6BCl2NO3S2/c12-9-3-4-10(19-9)20(17,18)15-11(16)7-2-1-6(13)5-8(7)14/h1-5H,(H,15,16). The van der Waals surface area contributed by atoms with Crippen molar-refractivity contribution in [2.75, 3.05) is 0 Å². The van der Waals surface area contributed by atoms with Gasteiger partial charge in [0, 0.05) is 5.02 Å². The first-order valence-electron chi connectivity index (χ1n) is 5.17. The molecule has 0 aliphatic rings. The number of benzene rings is 1. The Morgan fingerprint density at radius 3 is 2.45 bits per heavy atom. The molecule has 1 amide bonds. The number of nitrogens with one attached hydrogen (secondary N) is 1. The second-order valence-corrected chi connectivity index (χ2v) is 7.58. The molecule has 2 aromatic rings. The zero-order valence-corrected chi connectivity index (χ0v) is 12.9. The summed E-state index contributed by atoms with van der Waals surface area (Å²) in [5.74, 6) is -0.835. The molecule has 0 fully saturated rings. The maximum Gasteiger partial charge on any atom is 0.273 e. The molecule has 102 valence electrons. The highest BCUT2D eigenvalue weighted by Gasteiger charge is 2.21. The van der Waals surface area contributed by atoms with Crippen LogP contribution in [0.25, 0.3) is 0 Å². The van der Waals surface area contributed by atoms with Gasteiger partial charge in [0.1, 0.15) is 12.1 Å². The molecule has 2 rings (SSSR count). The van der Waals surface area contributed by atoms with Crippen LogP contribution < -0.4 is 9.50 Å². The summed E-state index contributed by atoms with van der Waals surface area (Å²) in [7, 11) is 1.50. The number of rotatable bonds is 3. The average molecular weight is 346 g/mol. The number of carbonyl (C=O) groups is 1. The van der Waals surface area contributed by atoms with Crippen molar-refractivity contribution in [1.29, 1.82) is 0 Å². The first-order chi connectivity index (χ1) is 9.29. The molecule has 0 bridgehead atoms. The second-order valence-electron chi connectivity index (χ2n) is 3.72. The van der Waals surface area contributed by atoms with Gasteiger partial charge in [0.25, 0.3) is 15.9 Å². The monoisotopic (exact) mass is 345 g/mol. The Balaban J connectivity index is 2.27. The normalized spacial score (nSPS) is 11.3. The van der Waals surface area contributed by atoms with Crippen LogP contribution in [0.2, 0.25) is 10.0 Å². The van der Waals surface area contributed by atoms with Crippen LogP contribution in [0.5, 0.6) is 0 Å². The topological polar surface area (TPSA) is 63.2 Å². The minimum atomic E-state index is -3.97. The summed E-state index contributed by atoms with van der Waals surface area (Å²) in [4.78, 5) is 11.9. The van der Waals surface area contributed by atoms with E-state index >= 15 is 0 Å². The molecule has 2 radical (unpaired) electrons. The van der Waals surface area contributed by atoms with E-state index in [2.05, 4.69) is 0 Å². The van der Waals surface area contributed by atoms with E-state index in [0.29, 0.717) is 9.80 Å².